The fourth-order valence-electron chi connectivity index (χ4n) is 0.902. The van der Waals surface area contributed by atoms with Crippen LogP contribution in [0.2, 0.25) is 0 Å². The van der Waals surface area contributed by atoms with Gasteiger partial charge in [-0.05, 0) is 0 Å². The van der Waals surface area contributed by atoms with Crippen LogP contribution in [0.3, 0.4) is 0 Å². The number of allylic oxidation sites excluding steroid dienone is 2. The van der Waals surface area contributed by atoms with Crippen molar-refractivity contribution in [1.82, 2.24) is 0 Å². The van der Waals surface area contributed by atoms with Gasteiger partial charge in [-0.3, -0.25) is 0 Å². The number of aliphatic carboxylic acids is 1. The summed E-state index contributed by atoms with van der Waals surface area (Å²) in [6.45, 7) is 0. The molecule has 80 valence electrons. The summed E-state index contributed by atoms with van der Waals surface area (Å²) in [5.41, 5.74) is 5.41. The summed E-state index contributed by atoms with van der Waals surface area (Å²) in [6, 6.07) is -0.808. The number of rotatable bonds is 1. The molecule has 0 bridgehead atoms. The molecule has 0 radical (unpaired) electrons. The molecule has 0 aliphatic heterocycles. The van der Waals surface area contributed by atoms with Gasteiger partial charge in [-0.15, -0.1) is 0 Å². The Morgan fingerprint density at radius 3 is 2.36 bits per heavy atom. The molecule has 2 atom stereocenters. The number of aliphatic hydroxyl groups excluding tert-OH is 1. The predicted molar refractivity (Wildman–Crippen MR) is 44.1 cm³/mol. The maximum absolute atomic E-state index is 10.4. The second-order valence-corrected chi connectivity index (χ2v) is 2.33. The van der Waals surface area contributed by atoms with Crippen LogP contribution >= 0.6 is 0 Å². The van der Waals surface area contributed by atoms with E-state index in [0.29, 0.717) is 0 Å². The molecule has 1 aliphatic carbocycles. The molecule has 0 aromatic carbocycles. The van der Waals surface area contributed by atoms with Crippen molar-refractivity contribution in [3.63, 3.8) is 0 Å². The van der Waals surface area contributed by atoms with E-state index in [9.17, 15) is 4.79 Å². The van der Waals surface area contributed by atoms with Crippen molar-refractivity contribution in [1.29, 1.82) is 0 Å². The maximum atomic E-state index is 10.4. The van der Waals surface area contributed by atoms with Gasteiger partial charge in [0.05, 0.1) is 17.7 Å². The Morgan fingerprint density at radius 1 is 1.50 bits per heavy atom. The Labute approximate surface area is 90.2 Å². The zero-order chi connectivity index (χ0) is 10.4. The van der Waals surface area contributed by atoms with Crippen molar-refractivity contribution in [3.8, 4) is 0 Å². The minimum Gasteiger partial charge on any atom is -0.478 e. The van der Waals surface area contributed by atoms with E-state index < -0.39 is 18.1 Å². The van der Waals surface area contributed by atoms with Crippen LogP contribution in [0.4, 0.5) is 0 Å². The summed E-state index contributed by atoms with van der Waals surface area (Å²) >= 11 is 0. The van der Waals surface area contributed by atoms with Crippen LogP contribution in [0.15, 0.2) is 23.8 Å². The zero-order valence-corrected chi connectivity index (χ0v) is 8.08. The Hall–Kier alpha value is -1.01. The molecule has 1 rings (SSSR count). The zero-order valence-electron chi connectivity index (χ0n) is 6.98. The summed E-state index contributed by atoms with van der Waals surface area (Å²) in [4.78, 5) is 23.4. The van der Waals surface area contributed by atoms with Crippen LogP contribution in [0.5, 0.6) is 0 Å². The number of aliphatic hydroxyl groups is 1. The van der Waals surface area contributed by atoms with Crippen LogP contribution in [0.1, 0.15) is 0 Å². The van der Waals surface area contributed by atoms with E-state index >= 15 is 0 Å². The average molecular weight is 244 g/mol. The Balaban J connectivity index is 0. The van der Waals surface area contributed by atoms with Crippen LogP contribution in [0.25, 0.3) is 0 Å². The standard InChI is InChI=1S/C7H9NO3.Fe.O2/c8-6-4(7(10)11)2-1-3-5(6)9;;1-2/h1-3,5-6,9H,8H2,(H,10,11);;/p+1/t5-,6?;;/m1../s1. The van der Waals surface area contributed by atoms with Gasteiger partial charge in [-0.25, -0.2) is 4.79 Å². The van der Waals surface area contributed by atoms with Crippen molar-refractivity contribution in [2.75, 3.05) is 0 Å². The molecule has 0 aromatic heterocycles. The van der Waals surface area contributed by atoms with Gasteiger partial charge in [0.25, 0.3) is 0 Å². The summed E-state index contributed by atoms with van der Waals surface area (Å²) in [7, 11) is 0. The monoisotopic (exact) mass is 244 g/mol. The third-order valence-corrected chi connectivity index (χ3v) is 1.56. The first-order chi connectivity index (χ1) is 6.13. The predicted octanol–water partition coefficient (Wildman–Crippen LogP) is -0.890. The van der Waals surface area contributed by atoms with Crippen LogP contribution in [0, 0.1) is 4.96 Å². The van der Waals surface area contributed by atoms with E-state index in [1.165, 1.54) is 18.2 Å². The number of hydrogen-bond donors (Lipinski definition) is 3. The molecule has 0 saturated carbocycles. The largest absolute Gasteiger partial charge is 0.478 e. The third kappa shape index (κ3) is 3.80. The van der Waals surface area contributed by atoms with Gasteiger partial charge in [0.1, 0.15) is 0 Å². The number of carboxylic acid groups (broad SMARTS) is 1. The first-order valence-corrected chi connectivity index (χ1v) is 3.36. The molecule has 0 saturated heterocycles. The van der Waals surface area contributed by atoms with Gasteiger partial charge in [0, 0.05) is 22.0 Å². The van der Waals surface area contributed by atoms with Gasteiger partial charge in [-0.1, -0.05) is 18.2 Å². The smallest absolute Gasteiger partial charge is 0.333 e. The number of hydrogen-bond acceptors (Lipinski definition) is 4. The molecule has 0 fully saturated rings. The fraction of sp³-hybridized carbons (Fsp3) is 0.286. The van der Waals surface area contributed by atoms with Crippen molar-refractivity contribution in [2.24, 2.45) is 5.73 Å². The van der Waals surface area contributed by atoms with Crippen LogP contribution in [-0.4, -0.2) is 33.3 Å². The van der Waals surface area contributed by atoms with E-state index in [-0.39, 0.29) is 22.6 Å². The molecule has 6 nitrogen and oxygen atoms in total. The van der Waals surface area contributed by atoms with E-state index in [4.69, 9.17) is 25.9 Å². The van der Waals surface area contributed by atoms with Crippen molar-refractivity contribution in [2.45, 2.75) is 12.1 Å². The normalized spacial score (nSPS) is 23.7. The Morgan fingerprint density at radius 2 is 2.00 bits per heavy atom. The first kappa shape index (κ1) is 15.5. The summed E-state index contributed by atoms with van der Waals surface area (Å²) in [5.74, 6) is -1.08. The molecule has 14 heavy (non-hydrogen) atoms. The Kier molecular flexibility index (Phi) is 8.17. The molecule has 0 aromatic rings. The number of nitrogens with two attached hydrogens (primary N) is 1. The third-order valence-electron chi connectivity index (χ3n) is 1.56. The second-order valence-electron chi connectivity index (χ2n) is 2.33. The van der Waals surface area contributed by atoms with E-state index in [1.54, 1.807) is 0 Å². The summed E-state index contributed by atoms with van der Waals surface area (Å²) < 4.78 is 0. The van der Waals surface area contributed by atoms with Gasteiger partial charge in [-0.2, -0.15) is 0 Å². The van der Waals surface area contributed by atoms with Gasteiger partial charge in [0.15, 0.2) is 0 Å². The summed E-state index contributed by atoms with van der Waals surface area (Å²) in [5, 5.41) is 17.6. The SMILES string of the molecule is NC1C(C(=O)O)=CC=C[C@H]1O.O=[OH+].[Fe]. The average Bonchev–Trinajstić information content (AvgIpc) is 2.13. The molecule has 5 N–H and O–H groups in total. The van der Waals surface area contributed by atoms with Crippen molar-refractivity contribution < 1.29 is 37.0 Å². The molecule has 0 spiro atoms. The quantitative estimate of drug-likeness (QED) is 0.408. The van der Waals surface area contributed by atoms with Gasteiger partial charge >= 0.3 is 5.97 Å². The second kappa shape index (κ2) is 7.40. The number of carbonyl (C=O) groups is 1. The van der Waals surface area contributed by atoms with E-state index in [0.717, 1.165) is 0 Å². The summed E-state index contributed by atoms with van der Waals surface area (Å²) in [6.07, 6.45) is 3.44. The van der Waals surface area contributed by atoms with E-state index in [1.807, 2.05) is 0 Å². The molecule has 0 amide bonds. The number of carboxylic acids is 1. The molecule has 0 heterocycles. The Bertz CT molecular complexity index is 252. The molecule has 7 heteroatoms. The molecular formula is C7H10FeNO5+. The molecular weight excluding hydrogens is 234 g/mol. The molecule has 1 aliphatic rings. The van der Waals surface area contributed by atoms with Crippen molar-refractivity contribution in [3.05, 3.63) is 28.8 Å². The maximum Gasteiger partial charge on any atom is 0.333 e. The van der Waals surface area contributed by atoms with Crippen LogP contribution in [-0.2, 0) is 21.9 Å². The fourth-order valence-corrected chi connectivity index (χ4v) is 0.902. The van der Waals surface area contributed by atoms with E-state index in [2.05, 4.69) is 0 Å². The first-order valence-electron chi connectivity index (χ1n) is 3.36. The van der Waals surface area contributed by atoms with Crippen LogP contribution < -0.4 is 5.73 Å². The minimum atomic E-state index is -1.08. The topological polar surface area (TPSA) is 122 Å². The molecule has 1 unspecified atom stereocenters. The van der Waals surface area contributed by atoms with Crippen molar-refractivity contribution >= 4 is 5.97 Å². The van der Waals surface area contributed by atoms with Gasteiger partial charge in [0.2, 0.25) is 4.96 Å². The minimum absolute atomic E-state index is 0. The van der Waals surface area contributed by atoms with Gasteiger partial charge < -0.3 is 15.9 Å².